The van der Waals surface area contributed by atoms with Gasteiger partial charge in [0.25, 0.3) is 0 Å². The largest absolute Gasteiger partial charge is 0.494 e. The van der Waals surface area contributed by atoms with Crippen LogP contribution in [-0.2, 0) is 16.0 Å². The van der Waals surface area contributed by atoms with Crippen molar-refractivity contribution in [3.8, 4) is 5.75 Å². The lowest BCUT2D eigenvalue weighted by molar-refractivity contribution is -0.120. The van der Waals surface area contributed by atoms with Crippen molar-refractivity contribution in [3.63, 3.8) is 0 Å². The first-order chi connectivity index (χ1) is 9.78. The van der Waals surface area contributed by atoms with E-state index in [1.807, 2.05) is 31.2 Å². The molecule has 0 unspecified atom stereocenters. The maximum absolute atomic E-state index is 11.9. The number of hydrogen-bond acceptors (Lipinski definition) is 3. The zero-order chi connectivity index (χ0) is 14.2. The second kappa shape index (κ2) is 7.90. The van der Waals surface area contributed by atoms with Gasteiger partial charge in [0.05, 0.1) is 19.6 Å². The molecule has 1 saturated heterocycles. The normalized spacial score (nSPS) is 18.6. The Morgan fingerprint density at radius 2 is 2.20 bits per heavy atom. The van der Waals surface area contributed by atoms with Crippen molar-refractivity contribution in [1.82, 2.24) is 5.32 Å². The highest BCUT2D eigenvalue weighted by Gasteiger charge is 2.14. The average molecular weight is 277 g/mol. The molecule has 1 aromatic rings. The second-order valence-electron chi connectivity index (χ2n) is 5.14. The lowest BCUT2D eigenvalue weighted by Gasteiger charge is -2.22. The van der Waals surface area contributed by atoms with Crippen LogP contribution in [0, 0.1) is 5.92 Å². The SMILES string of the molecule is CCOc1ccc(CC(=O)NC[C@@H]2CCCOC2)cc1. The third kappa shape index (κ3) is 4.85. The van der Waals surface area contributed by atoms with Gasteiger partial charge in [0.2, 0.25) is 5.91 Å². The van der Waals surface area contributed by atoms with Crippen LogP contribution in [0.3, 0.4) is 0 Å². The molecule has 1 aromatic carbocycles. The Morgan fingerprint density at radius 1 is 1.40 bits per heavy atom. The number of nitrogens with one attached hydrogen (secondary N) is 1. The van der Waals surface area contributed by atoms with Gasteiger partial charge in [-0.2, -0.15) is 0 Å². The molecule has 1 amide bonds. The molecule has 4 nitrogen and oxygen atoms in total. The first kappa shape index (κ1) is 14.9. The van der Waals surface area contributed by atoms with Gasteiger partial charge in [-0.25, -0.2) is 0 Å². The fourth-order valence-corrected chi connectivity index (χ4v) is 2.34. The minimum atomic E-state index is 0.0692. The molecule has 0 saturated carbocycles. The average Bonchev–Trinajstić information content (AvgIpc) is 2.49. The molecule has 0 bridgehead atoms. The Morgan fingerprint density at radius 3 is 2.85 bits per heavy atom. The molecule has 1 aliphatic heterocycles. The van der Waals surface area contributed by atoms with Crippen LogP contribution in [0.15, 0.2) is 24.3 Å². The smallest absolute Gasteiger partial charge is 0.224 e. The van der Waals surface area contributed by atoms with E-state index in [0.717, 1.165) is 43.9 Å². The zero-order valence-corrected chi connectivity index (χ0v) is 12.1. The maximum Gasteiger partial charge on any atom is 0.224 e. The molecule has 1 fully saturated rings. The van der Waals surface area contributed by atoms with E-state index in [-0.39, 0.29) is 5.91 Å². The van der Waals surface area contributed by atoms with Gasteiger partial charge >= 0.3 is 0 Å². The van der Waals surface area contributed by atoms with Crippen LogP contribution in [0.4, 0.5) is 0 Å². The number of carbonyl (C=O) groups excluding carboxylic acids is 1. The first-order valence-electron chi connectivity index (χ1n) is 7.34. The molecule has 0 aliphatic carbocycles. The molecule has 1 atom stereocenters. The highest BCUT2D eigenvalue weighted by atomic mass is 16.5. The van der Waals surface area contributed by atoms with E-state index in [4.69, 9.17) is 9.47 Å². The fraction of sp³-hybridized carbons (Fsp3) is 0.562. The van der Waals surface area contributed by atoms with Crippen LogP contribution >= 0.6 is 0 Å². The predicted molar refractivity (Wildman–Crippen MR) is 77.9 cm³/mol. The third-order valence-corrected chi connectivity index (χ3v) is 3.44. The first-order valence-corrected chi connectivity index (χ1v) is 7.34. The number of benzene rings is 1. The van der Waals surface area contributed by atoms with Crippen LogP contribution in [0.25, 0.3) is 0 Å². The van der Waals surface area contributed by atoms with Gasteiger partial charge in [-0.1, -0.05) is 12.1 Å². The highest BCUT2D eigenvalue weighted by molar-refractivity contribution is 5.78. The summed E-state index contributed by atoms with van der Waals surface area (Å²) in [6.45, 7) is 4.95. The summed E-state index contributed by atoms with van der Waals surface area (Å²) in [5.41, 5.74) is 1.01. The van der Waals surface area contributed by atoms with E-state index in [1.54, 1.807) is 0 Å². The van der Waals surface area contributed by atoms with E-state index >= 15 is 0 Å². The Bertz CT molecular complexity index is 410. The zero-order valence-electron chi connectivity index (χ0n) is 12.1. The van der Waals surface area contributed by atoms with Crippen molar-refractivity contribution in [2.24, 2.45) is 5.92 Å². The van der Waals surface area contributed by atoms with Crippen LogP contribution in [0.1, 0.15) is 25.3 Å². The van der Waals surface area contributed by atoms with Gasteiger partial charge < -0.3 is 14.8 Å². The number of ether oxygens (including phenoxy) is 2. The van der Waals surface area contributed by atoms with Gasteiger partial charge in [-0.15, -0.1) is 0 Å². The van der Waals surface area contributed by atoms with E-state index in [1.165, 1.54) is 0 Å². The monoisotopic (exact) mass is 277 g/mol. The number of hydrogen-bond donors (Lipinski definition) is 1. The molecule has 1 heterocycles. The summed E-state index contributed by atoms with van der Waals surface area (Å²) in [7, 11) is 0. The van der Waals surface area contributed by atoms with Crippen LogP contribution in [-0.4, -0.2) is 32.3 Å². The molecule has 0 radical (unpaired) electrons. The summed E-state index contributed by atoms with van der Waals surface area (Å²) in [6.07, 6.45) is 2.66. The minimum absolute atomic E-state index is 0.0692. The van der Waals surface area contributed by atoms with Gasteiger partial charge in [-0.3, -0.25) is 4.79 Å². The summed E-state index contributed by atoms with van der Waals surface area (Å²) in [4.78, 5) is 11.9. The molecular formula is C16H23NO3. The molecule has 0 spiro atoms. The summed E-state index contributed by atoms with van der Waals surface area (Å²) in [6, 6.07) is 7.69. The molecule has 4 heteroatoms. The summed E-state index contributed by atoms with van der Waals surface area (Å²) < 4.78 is 10.8. The summed E-state index contributed by atoms with van der Waals surface area (Å²) in [5.74, 6) is 1.38. The number of carbonyl (C=O) groups is 1. The quantitative estimate of drug-likeness (QED) is 0.867. The van der Waals surface area contributed by atoms with Gasteiger partial charge in [0.15, 0.2) is 0 Å². The fourth-order valence-electron chi connectivity index (χ4n) is 2.34. The molecule has 2 rings (SSSR count). The number of rotatable bonds is 6. The number of amides is 1. The van der Waals surface area contributed by atoms with E-state index < -0.39 is 0 Å². The summed E-state index contributed by atoms with van der Waals surface area (Å²) in [5, 5.41) is 2.99. The molecule has 110 valence electrons. The lowest BCUT2D eigenvalue weighted by Crippen LogP contribution is -2.34. The van der Waals surface area contributed by atoms with Crippen LogP contribution in [0.2, 0.25) is 0 Å². The van der Waals surface area contributed by atoms with E-state index in [0.29, 0.717) is 18.9 Å². The van der Waals surface area contributed by atoms with Crippen molar-refractivity contribution in [1.29, 1.82) is 0 Å². The van der Waals surface area contributed by atoms with E-state index in [9.17, 15) is 4.79 Å². The molecule has 1 N–H and O–H groups in total. The predicted octanol–water partition coefficient (Wildman–Crippen LogP) is 2.17. The van der Waals surface area contributed by atoms with Gasteiger partial charge in [0, 0.05) is 13.2 Å². The Labute approximate surface area is 120 Å². The third-order valence-electron chi connectivity index (χ3n) is 3.44. The topological polar surface area (TPSA) is 47.6 Å². The van der Waals surface area contributed by atoms with E-state index in [2.05, 4.69) is 5.32 Å². The van der Waals surface area contributed by atoms with Crippen molar-refractivity contribution in [2.45, 2.75) is 26.2 Å². The van der Waals surface area contributed by atoms with Crippen LogP contribution < -0.4 is 10.1 Å². The van der Waals surface area contributed by atoms with Crippen molar-refractivity contribution < 1.29 is 14.3 Å². The minimum Gasteiger partial charge on any atom is -0.494 e. The van der Waals surface area contributed by atoms with Gasteiger partial charge in [-0.05, 0) is 43.4 Å². The lowest BCUT2D eigenvalue weighted by atomic mass is 10.0. The van der Waals surface area contributed by atoms with Crippen molar-refractivity contribution in [2.75, 3.05) is 26.4 Å². The Kier molecular flexibility index (Phi) is 5.87. The van der Waals surface area contributed by atoms with Crippen LogP contribution in [0.5, 0.6) is 5.75 Å². The van der Waals surface area contributed by atoms with Crippen molar-refractivity contribution >= 4 is 5.91 Å². The Balaban J connectivity index is 1.73. The van der Waals surface area contributed by atoms with Crippen molar-refractivity contribution in [3.05, 3.63) is 29.8 Å². The van der Waals surface area contributed by atoms with Gasteiger partial charge in [0.1, 0.15) is 5.75 Å². The standard InChI is InChI=1S/C16H23NO3/c1-2-20-15-7-5-13(6-8-15)10-16(18)17-11-14-4-3-9-19-12-14/h5-8,14H,2-4,9-12H2,1H3,(H,17,18)/t14-/m0/s1. The summed E-state index contributed by atoms with van der Waals surface area (Å²) >= 11 is 0. The molecular weight excluding hydrogens is 254 g/mol. The highest BCUT2D eigenvalue weighted by Crippen LogP contribution is 2.13. The maximum atomic E-state index is 11.9. The second-order valence-corrected chi connectivity index (χ2v) is 5.14. The molecule has 1 aliphatic rings. The molecule has 0 aromatic heterocycles. The molecule has 20 heavy (non-hydrogen) atoms. The Hall–Kier alpha value is -1.55.